The van der Waals surface area contributed by atoms with Crippen LogP contribution in [-0.2, 0) is 0 Å². The second-order valence-corrected chi connectivity index (χ2v) is 4.54. The molecule has 80 valence electrons. The maximum Gasteiger partial charge on any atom is 0.0734 e. The first kappa shape index (κ1) is 11.7. The molecule has 0 heterocycles. The van der Waals surface area contributed by atoms with Crippen LogP contribution in [0.3, 0.4) is 0 Å². The van der Waals surface area contributed by atoms with Crippen LogP contribution < -0.4 is 0 Å². The van der Waals surface area contributed by atoms with E-state index in [1.165, 1.54) is 5.57 Å². The molecule has 0 atom stereocenters. The van der Waals surface area contributed by atoms with Crippen molar-refractivity contribution in [2.45, 2.75) is 33.2 Å². The number of aliphatic imine (C=N–C) groups is 1. The van der Waals surface area contributed by atoms with Gasteiger partial charge in [-0.1, -0.05) is 42.0 Å². The Morgan fingerprint density at radius 3 is 2.27 bits per heavy atom. The summed E-state index contributed by atoms with van der Waals surface area (Å²) in [4.78, 5) is 4.57. The minimum Gasteiger partial charge on any atom is -0.282 e. The van der Waals surface area contributed by atoms with E-state index < -0.39 is 0 Å². The summed E-state index contributed by atoms with van der Waals surface area (Å²) in [6.07, 6.45) is 4.10. The second-order valence-electron chi connectivity index (χ2n) is 4.54. The van der Waals surface area contributed by atoms with Crippen LogP contribution in [0.5, 0.6) is 0 Å². The predicted octanol–water partition coefficient (Wildman–Crippen LogP) is 3.85. The molecule has 1 rings (SSSR count). The Morgan fingerprint density at radius 1 is 1.13 bits per heavy atom. The molecule has 0 bridgehead atoms. The van der Waals surface area contributed by atoms with Gasteiger partial charge in [0.25, 0.3) is 0 Å². The van der Waals surface area contributed by atoms with Gasteiger partial charge in [0.15, 0.2) is 0 Å². The predicted molar refractivity (Wildman–Crippen MR) is 67.5 cm³/mol. The van der Waals surface area contributed by atoms with Gasteiger partial charge in [0, 0.05) is 6.21 Å². The average molecular weight is 201 g/mol. The molecule has 0 saturated carbocycles. The van der Waals surface area contributed by atoms with Crippen LogP contribution >= 0.6 is 0 Å². The van der Waals surface area contributed by atoms with Crippen molar-refractivity contribution in [1.82, 2.24) is 0 Å². The molecule has 1 heteroatoms. The normalized spacial score (nSPS) is 11.7. The van der Waals surface area contributed by atoms with Crippen LogP contribution in [0, 0.1) is 0 Å². The average Bonchev–Trinajstić information content (AvgIpc) is 2.15. The van der Waals surface area contributed by atoms with Crippen molar-refractivity contribution < 1.29 is 0 Å². The number of nitrogens with zero attached hydrogens (tertiary/aromatic N) is 1. The Hall–Kier alpha value is -1.37. The third-order valence-electron chi connectivity index (χ3n) is 1.99. The van der Waals surface area contributed by atoms with Crippen molar-refractivity contribution in [1.29, 1.82) is 0 Å². The smallest absolute Gasteiger partial charge is 0.0734 e. The van der Waals surface area contributed by atoms with E-state index in [9.17, 15) is 0 Å². The fraction of sp³-hybridized carbons (Fsp3) is 0.357. The van der Waals surface area contributed by atoms with Gasteiger partial charge in [0.05, 0.1) is 5.54 Å². The van der Waals surface area contributed by atoms with Crippen LogP contribution in [0.25, 0.3) is 0 Å². The van der Waals surface area contributed by atoms with Gasteiger partial charge in [-0.15, -0.1) is 0 Å². The lowest BCUT2D eigenvalue weighted by Crippen LogP contribution is -2.13. The molecular weight excluding hydrogens is 182 g/mol. The van der Waals surface area contributed by atoms with Crippen LogP contribution in [0.1, 0.15) is 33.3 Å². The Bertz CT molecular complexity index is 354. The summed E-state index contributed by atoms with van der Waals surface area (Å²) in [5, 5.41) is 0. The minimum absolute atomic E-state index is 0.116. The summed E-state index contributed by atoms with van der Waals surface area (Å²) in [7, 11) is 0. The SMILES string of the molecule is CC(C)=CC(C)(C)N=Cc1ccccc1. The number of benzene rings is 1. The lowest BCUT2D eigenvalue weighted by atomic mass is 10.0. The summed E-state index contributed by atoms with van der Waals surface area (Å²) < 4.78 is 0. The number of hydrogen-bond acceptors (Lipinski definition) is 1. The molecule has 0 N–H and O–H groups in total. The van der Waals surface area contributed by atoms with Gasteiger partial charge in [-0.05, 0) is 33.3 Å². The first-order valence-electron chi connectivity index (χ1n) is 5.26. The number of rotatable bonds is 3. The molecule has 0 amide bonds. The molecule has 0 aromatic heterocycles. The van der Waals surface area contributed by atoms with Gasteiger partial charge >= 0.3 is 0 Å². The molecule has 1 nitrogen and oxygen atoms in total. The fourth-order valence-electron chi connectivity index (χ4n) is 1.52. The molecule has 0 radical (unpaired) electrons. The fourth-order valence-corrected chi connectivity index (χ4v) is 1.52. The van der Waals surface area contributed by atoms with Gasteiger partial charge in [0.2, 0.25) is 0 Å². The first-order chi connectivity index (χ1) is 6.99. The molecule has 0 aliphatic rings. The summed E-state index contributed by atoms with van der Waals surface area (Å²) >= 11 is 0. The molecule has 0 fully saturated rings. The molecule has 0 spiro atoms. The largest absolute Gasteiger partial charge is 0.282 e. The lowest BCUT2D eigenvalue weighted by molar-refractivity contribution is 0.656. The van der Waals surface area contributed by atoms with Crippen LogP contribution in [-0.4, -0.2) is 11.8 Å². The monoisotopic (exact) mass is 201 g/mol. The van der Waals surface area contributed by atoms with Crippen molar-refractivity contribution in [3.63, 3.8) is 0 Å². The Balaban J connectivity index is 2.78. The highest BCUT2D eigenvalue weighted by atomic mass is 14.8. The van der Waals surface area contributed by atoms with E-state index >= 15 is 0 Å². The van der Waals surface area contributed by atoms with E-state index in [0.717, 1.165) is 5.56 Å². The van der Waals surface area contributed by atoms with Crippen molar-refractivity contribution >= 4 is 6.21 Å². The molecule has 1 aromatic carbocycles. The van der Waals surface area contributed by atoms with E-state index in [1.54, 1.807) is 0 Å². The van der Waals surface area contributed by atoms with Gasteiger partial charge in [-0.2, -0.15) is 0 Å². The number of hydrogen-bond donors (Lipinski definition) is 0. The van der Waals surface area contributed by atoms with E-state index in [4.69, 9.17) is 0 Å². The maximum absolute atomic E-state index is 4.57. The second kappa shape index (κ2) is 4.92. The zero-order chi connectivity index (χ0) is 11.3. The minimum atomic E-state index is -0.116. The van der Waals surface area contributed by atoms with Crippen molar-refractivity contribution in [3.05, 3.63) is 47.5 Å². The highest BCUT2D eigenvalue weighted by Crippen LogP contribution is 2.13. The van der Waals surface area contributed by atoms with Crippen LogP contribution in [0.15, 0.2) is 47.0 Å². The third kappa shape index (κ3) is 4.59. The molecule has 0 saturated heterocycles. The summed E-state index contributed by atoms with van der Waals surface area (Å²) in [6.45, 7) is 8.42. The summed E-state index contributed by atoms with van der Waals surface area (Å²) in [5.74, 6) is 0. The summed E-state index contributed by atoms with van der Waals surface area (Å²) in [5.41, 5.74) is 2.33. The van der Waals surface area contributed by atoms with E-state index in [-0.39, 0.29) is 5.54 Å². The van der Waals surface area contributed by atoms with Crippen LogP contribution in [0.2, 0.25) is 0 Å². The van der Waals surface area contributed by atoms with Crippen molar-refractivity contribution in [3.8, 4) is 0 Å². The number of allylic oxidation sites excluding steroid dienone is 1. The molecule has 0 aliphatic carbocycles. The van der Waals surface area contributed by atoms with E-state index in [2.05, 4.69) is 50.9 Å². The Labute approximate surface area is 92.6 Å². The van der Waals surface area contributed by atoms with Gasteiger partial charge in [-0.25, -0.2) is 0 Å². The molecular formula is C14H19N. The van der Waals surface area contributed by atoms with Crippen LogP contribution in [0.4, 0.5) is 0 Å². The summed E-state index contributed by atoms with van der Waals surface area (Å²) in [6, 6.07) is 10.2. The quantitative estimate of drug-likeness (QED) is 0.520. The zero-order valence-corrected chi connectivity index (χ0v) is 9.99. The Morgan fingerprint density at radius 2 is 1.73 bits per heavy atom. The Kier molecular flexibility index (Phi) is 3.84. The lowest BCUT2D eigenvalue weighted by Gasteiger charge is -2.14. The van der Waals surface area contributed by atoms with E-state index in [1.807, 2.05) is 24.4 Å². The highest BCUT2D eigenvalue weighted by Gasteiger charge is 2.10. The van der Waals surface area contributed by atoms with Gasteiger partial charge in [-0.3, -0.25) is 4.99 Å². The van der Waals surface area contributed by atoms with Gasteiger partial charge in [0.1, 0.15) is 0 Å². The zero-order valence-electron chi connectivity index (χ0n) is 9.99. The highest BCUT2D eigenvalue weighted by molar-refractivity contribution is 5.79. The van der Waals surface area contributed by atoms with E-state index in [0.29, 0.717) is 0 Å². The molecule has 1 aromatic rings. The third-order valence-corrected chi connectivity index (χ3v) is 1.99. The van der Waals surface area contributed by atoms with Crippen molar-refractivity contribution in [2.75, 3.05) is 0 Å². The topological polar surface area (TPSA) is 12.4 Å². The van der Waals surface area contributed by atoms with Crippen molar-refractivity contribution in [2.24, 2.45) is 4.99 Å². The van der Waals surface area contributed by atoms with Gasteiger partial charge < -0.3 is 0 Å². The molecule has 15 heavy (non-hydrogen) atoms. The maximum atomic E-state index is 4.57. The molecule has 0 aliphatic heterocycles. The molecule has 0 unspecified atom stereocenters. The first-order valence-corrected chi connectivity index (χ1v) is 5.26. The standard InChI is InChI=1S/C14H19N/c1-12(2)10-14(3,4)15-11-13-8-6-5-7-9-13/h5-11H,1-4H3.